The van der Waals surface area contributed by atoms with E-state index >= 15 is 0 Å². The molecule has 0 saturated heterocycles. The minimum atomic E-state index is 0.759. The van der Waals surface area contributed by atoms with Crippen molar-refractivity contribution >= 4 is 0 Å². The van der Waals surface area contributed by atoms with Crippen LogP contribution >= 0.6 is 0 Å². The summed E-state index contributed by atoms with van der Waals surface area (Å²) in [5.41, 5.74) is 6.90. The zero-order valence-corrected chi connectivity index (χ0v) is 8.08. The lowest BCUT2D eigenvalue weighted by Crippen LogP contribution is -2.03. The van der Waals surface area contributed by atoms with Gasteiger partial charge < -0.3 is 10.3 Å². The van der Waals surface area contributed by atoms with Crippen molar-refractivity contribution in [2.45, 2.75) is 38.1 Å². The van der Waals surface area contributed by atoms with E-state index in [2.05, 4.69) is 23.0 Å². The predicted molar refractivity (Wildman–Crippen MR) is 54.7 cm³/mol. The van der Waals surface area contributed by atoms with Gasteiger partial charge in [0.05, 0.1) is 0 Å². The molecule has 1 fully saturated rings. The van der Waals surface area contributed by atoms with E-state index < -0.39 is 0 Å². The first-order chi connectivity index (χ1) is 6.40. The zero-order chi connectivity index (χ0) is 9.10. The first-order valence-corrected chi connectivity index (χ1v) is 5.26. The van der Waals surface area contributed by atoms with Crippen LogP contribution in [-0.2, 0) is 6.42 Å². The molecular formula is C11H18N2. The van der Waals surface area contributed by atoms with E-state index in [1.165, 1.54) is 31.2 Å². The molecule has 2 rings (SSSR count). The lowest BCUT2D eigenvalue weighted by molar-refractivity contribution is 0.520. The fraction of sp³-hybridized carbons (Fsp3) is 0.636. The molecule has 1 heterocycles. The van der Waals surface area contributed by atoms with Gasteiger partial charge in [0.1, 0.15) is 0 Å². The SMILES string of the molecule is NCCc1ccn(C2CCCC2)c1. The minimum absolute atomic E-state index is 0.759. The van der Waals surface area contributed by atoms with Crippen molar-refractivity contribution in [2.75, 3.05) is 6.54 Å². The summed E-state index contributed by atoms with van der Waals surface area (Å²) in [5, 5.41) is 0. The molecule has 2 nitrogen and oxygen atoms in total. The zero-order valence-electron chi connectivity index (χ0n) is 8.08. The third kappa shape index (κ3) is 1.94. The van der Waals surface area contributed by atoms with E-state index in [9.17, 15) is 0 Å². The van der Waals surface area contributed by atoms with Crippen LogP contribution in [0, 0.1) is 0 Å². The van der Waals surface area contributed by atoms with Crippen molar-refractivity contribution in [3.8, 4) is 0 Å². The number of rotatable bonds is 3. The van der Waals surface area contributed by atoms with E-state index in [-0.39, 0.29) is 0 Å². The average Bonchev–Trinajstić information content (AvgIpc) is 2.70. The van der Waals surface area contributed by atoms with Gasteiger partial charge in [0.15, 0.2) is 0 Å². The summed E-state index contributed by atoms with van der Waals surface area (Å²) >= 11 is 0. The number of hydrogen-bond donors (Lipinski definition) is 1. The maximum Gasteiger partial charge on any atom is 0.0330 e. The molecule has 0 unspecified atom stereocenters. The van der Waals surface area contributed by atoms with E-state index in [1.54, 1.807) is 0 Å². The van der Waals surface area contributed by atoms with Crippen LogP contribution < -0.4 is 5.73 Å². The molecule has 0 aliphatic heterocycles. The maximum absolute atomic E-state index is 5.51. The molecule has 0 radical (unpaired) electrons. The second-order valence-electron chi connectivity index (χ2n) is 3.94. The van der Waals surface area contributed by atoms with Crippen LogP contribution in [0.2, 0.25) is 0 Å². The molecule has 1 aromatic heterocycles. The molecule has 2 heteroatoms. The van der Waals surface area contributed by atoms with Gasteiger partial charge in [-0.15, -0.1) is 0 Å². The molecule has 0 amide bonds. The van der Waals surface area contributed by atoms with E-state index in [4.69, 9.17) is 5.73 Å². The minimum Gasteiger partial charge on any atom is -0.351 e. The molecular weight excluding hydrogens is 160 g/mol. The molecule has 13 heavy (non-hydrogen) atoms. The van der Waals surface area contributed by atoms with Crippen LogP contribution in [0.15, 0.2) is 18.5 Å². The van der Waals surface area contributed by atoms with Gasteiger partial charge in [-0.2, -0.15) is 0 Å². The van der Waals surface area contributed by atoms with Crippen molar-refractivity contribution in [3.63, 3.8) is 0 Å². The van der Waals surface area contributed by atoms with Crippen LogP contribution in [0.3, 0.4) is 0 Å². The average molecular weight is 178 g/mol. The Morgan fingerprint density at radius 1 is 1.38 bits per heavy atom. The molecule has 0 spiro atoms. The summed E-state index contributed by atoms with van der Waals surface area (Å²) in [6.45, 7) is 0.759. The van der Waals surface area contributed by atoms with Crippen molar-refractivity contribution in [1.29, 1.82) is 0 Å². The predicted octanol–water partition coefficient (Wildman–Crippen LogP) is 2.10. The van der Waals surface area contributed by atoms with Crippen LogP contribution in [0.1, 0.15) is 37.3 Å². The Kier molecular flexibility index (Phi) is 2.69. The van der Waals surface area contributed by atoms with Crippen LogP contribution in [-0.4, -0.2) is 11.1 Å². The Labute approximate surface area is 79.7 Å². The highest BCUT2D eigenvalue weighted by Crippen LogP contribution is 2.29. The van der Waals surface area contributed by atoms with Crippen LogP contribution in [0.25, 0.3) is 0 Å². The first-order valence-electron chi connectivity index (χ1n) is 5.26. The number of hydrogen-bond acceptors (Lipinski definition) is 1. The molecule has 0 atom stereocenters. The van der Waals surface area contributed by atoms with Gasteiger partial charge in [-0.05, 0) is 37.4 Å². The van der Waals surface area contributed by atoms with Gasteiger partial charge in [0, 0.05) is 18.4 Å². The fourth-order valence-corrected chi connectivity index (χ4v) is 2.20. The molecule has 72 valence electrons. The Hall–Kier alpha value is -0.760. The maximum atomic E-state index is 5.51. The monoisotopic (exact) mass is 178 g/mol. The quantitative estimate of drug-likeness (QED) is 0.755. The Balaban J connectivity index is 2.03. The second kappa shape index (κ2) is 3.97. The van der Waals surface area contributed by atoms with Gasteiger partial charge in [0.2, 0.25) is 0 Å². The Bertz CT molecular complexity index is 259. The number of aromatic nitrogens is 1. The third-order valence-electron chi connectivity index (χ3n) is 2.95. The van der Waals surface area contributed by atoms with Gasteiger partial charge in [-0.1, -0.05) is 12.8 Å². The highest BCUT2D eigenvalue weighted by Gasteiger charge is 2.15. The molecule has 1 aliphatic carbocycles. The fourth-order valence-electron chi connectivity index (χ4n) is 2.20. The number of nitrogens with two attached hydrogens (primary N) is 1. The molecule has 0 aromatic carbocycles. The molecule has 0 bridgehead atoms. The summed E-state index contributed by atoms with van der Waals surface area (Å²) in [4.78, 5) is 0. The van der Waals surface area contributed by atoms with E-state index in [0.717, 1.165) is 19.0 Å². The van der Waals surface area contributed by atoms with Crippen LogP contribution in [0.5, 0.6) is 0 Å². The summed E-state index contributed by atoms with van der Waals surface area (Å²) in [7, 11) is 0. The lowest BCUT2D eigenvalue weighted by Gasteiger charge is -2.10. The van der Waals surface area contributed by atoms with Gasteiger partial charge in [-0.3, -0.25) is 0 Å². The van der Waals surface area contributed by atoms with Crippen LogP contribution in [0.4, 0.5) is 0 Å². The van der Waals surface area contributed by atoms with Crippen molar-refractivity contribution in [1.82, 2.24) is 4.57 Å². The summed E-state index contributed by atoms with van der Waals surface area (Å²) < 4.78 is 2.37. The molecule has 1 aromatic rings. The standard InChI is InChI=1S/C11H18N2/c12-7-5-10-6-8-13(9-10)11-3-1-2-4-11/h6,8-9,11H,1-5,7,12H2. The van der Waals surface area contributed by atoms with Crippen molar-refractivity contribution < 1.29 is 0 Å². The van der Waals surface area contributed by atoms with Crippen molar-refractivity contribution in [2.24, 2.45) is 5.73 Å². The summed E-state index contributed by atoms with van der Waals surface area (Å²) in [5.74, 6) is 0. The van der Waals surface area contributed by atoms with E-state index in [1.807, 2.05) is 0 Å². The first kappa shape index (κ1) is 8.82. The van der Waals surface area contributed by atoms with Gasteiger partial charge in [-0.25, -0.2) is 0 Å². The normalized spacial score (nSPS) is 18.2. The lowest BCUT2D eigenvalue weighted by atomic mass is 10.2. The van der Waals surface area contributed by atoms with Gasteiger partial charge >= 0.3 is 0 Å². The third-order valence-corrected chi connectivity index (χ3v) is 2.95. The summed E-state index contributed by atoms with van der Waals surface area (Å²) in [6, 6.07) is 2.97. The Morgan fingerprint density at radius 2 is 2.15 bits per heavy atom. The van der Waals surface area contributed by atoms with E-state index in [0.29, 0.717) is 0 Å². The largest absolute Gasteiger partial charge is 0.351 e. The highest BCUT2D eigenvalue weighted by molar-refractivity contribution is 5.11. The van der Waals surface area contributed by atoms with Gasteiger partial charge in [0.25, 0.3) is 0 Å². The number of nitrogens with zero attached hydrogens (tertiary/aromatic N) is 1. The summed E-state index contributed by atoms with van der Waals surface area (Å²) in [6.07, 6.45) is 11.0. The molecule has 2 N–H and O–H groups in total. The van der Waals surface area contributed by atoms with Crippen molar-refractivity contribution in [3.05, 3.63) is 24.0 Å². The topological polar surface area (TPSA) is 30.9 Å². The smallest absolute Gasteiger partial charge is 0.0330 e. The molecule has 1 saturated carbocycles. The Morgan fingerprint density at radius 3 is 2.85 bits per heavy atom. The highest BCUT2D eigenvalue weighted by atomic mass is 15.0. The molecule has 1 aliphatic rings. The second-order valence-corrected chi connectivity index (χ2v) is 3.94.